The summed E-state index contributed by atoms with van der Waals surface area (Å²) >= 11 is 0. The Morgan fingerprint density at radius 3 is 1.49 bits per heavy atom. The number of nitrogens with zero attached hydrogens (tertiary/aromatic N) is 2. The number of hydrogen-bond donors (Lipinski definition) is 0. The molecule has 0 bridgehead atoms. The van der Waals surface area contributed by atoms with Gasteiger partial charge in [0.05, 0.1) is 22.1 Å². The van der Waals surface area contributed by atoms with Crippen molar-refractivity contribution in [1.29, 1.82) is 0 Å². The molecule has 14 rings (SSSR count). The Morgan fingerprint density at radius 1 is 0.267 bits per heavy atom. The quantitative estimate of drug-likeness (QED) is 0.133. The van der Waals surface area contributed by atoms with Gasteiger partial charge in [-0.05, 0) is 127 Å². The molecule has 2 heteroatoms. The van der Waals surface area contributed by atoms with Gasteiger partial charge in [-0.2, -0.15) is 0 Å². The molecular formula is C73H50N2. The standard InChI is InChI=1S/C73H50N2/c1-6-24-51(25-7-1)60-46-43-57(49-66(60)52-26-8-2-9-27-52)74(56-32-14-5-15-33-56)70-40-22-19-37-63(70)61-35-17-16-34-59(61)53-42-45-65-64-38-20-23-41-71(64)75(72(65)48-53)58-44-47-69-67(50-58)62-36-18-21-39-68(62)73(69,54-28-10-3-11-29-54)55-30-12-4-13-31-55/h1-50H. The maximum Gasteiger partial charge on any atom is 0.0713 e. The van der Waals surface area contributed by atoms with Crippen LogP contribution in [0.2, 0.25) is 0 Å². The van der Waals surface area contributed by atoms with Crippen LogP contribution in [0, 0.1) is 0 Å². The van der Waals surface area contributed by atoms with E-state index in [0.717, 1.165) is 39.4 Å². The van der Waals surface area contributed by atoms with Crippen LogP contribution in [0.25, 0.3) is 83.1 Å². The predicted octanol–water partition coefficient (Wildman–Crippen LogP) is 19.3. The lowest BCUT2D eigenvalue weighted by molar-refractivity contribution is 0.768. The summed E-state index contributed by atoms with van der Waals surface area (Å²) in [5, 5.41) is 2.45. The van der Waals surface area contributed by atoms with Gasteiger partial charge in [-0.15, -0.1) is 0 Å². The largest absolute Gasteiger partial charge is 0.310 e. The van der Waals surface area contributed by atoms with Crippen LogP contribution in [0.15, 0.2) is 303 Å². The molecule has 1 aromatic heterocycles. The van der Waals surface area contributed by atoms with Crippen LogP contribution >= 0.6 is 0 Å². The van der Waals surface area contributed by atoms with Crippen LogP contribution in [0.3, 0.4) is 0 Å². The summed E-state index contributed by atoms with van der Waals surface area (Å²) in [4.78, 5) is 2.42. The van der Waals surface area contributed by atoms with Crippen LogP contribution in [0.5, 0.6) is 0 Å². The first-order chi connectivity index (χ1) is 37.2. The Hall–Kier alpha value is -9.76. The first kappa shape index (κ1) is 44.0. The Morgan fingerprint density at radius 2 is 0.787 bits per heavy atom. The smallest absolute Gasteiger partial charge is 0.0713 e. The number of aromatic nitrogens is 1. The molecule has 0 radical (unpaired) electrons. The highest BCUT2D eigenvalue weighted by Gasteiger charge is 2.46. The second-order valence-corrected chi connectivity index (χ2v) is 19.5. The molecule has 0 saturated carbocycles. The zero-order valence-electron chi connectivity index (χ0n) is 41.3. The number of rotatable bonds is 10. The minimum absolute atomic E-state index is 0.465. The van der Waals surface area contributed by atoms with Crippen LogP contribution in [0.4, 0.5) is 17.1 Å². The van der Waals surface area contributed by atoms with Crippen molar-refractivity contribution in [1.82, 2.24) is 4.57 Å². The average molecular weight is 955 g/mol. The van der Waals surface area contributed by atoms with Gasteiger partial charge >= 0.3 is 0 Å². The Kier molecular flexibility index (Phi) is 10.8. The van der Waals surface area contributed by atoms with Crippen molar-refractivity contribution in [2.75, 3.05) is 4.90 Å². The molecule has 0 atom stereocenters. The molecule has 0 N–H and O–H groups in total. The highest BCUT2D eigenvalue weighted by atomic mass is 15.1. The molecule has 0 amide bonds. The summed E-state index contributed by atoms with van der Waals surface area (Å²) in [7, 11) is 0. The molecule has 13 aromatic rings. The van der Waals surface area contributed by atoms with E-state index in [-0.39, 0.29) is 0 Å². The number of hydrogen-bond acceptors (Lipinski definition) is 1. The van der Waals surface area contributed by atoms with E-state index >= 15 is 0 Å². The molecule has 0 fully saturated rings. The molecule has 75 heavy (non-hydrogen) atoms. The van der Waals surface area contributed by atoms with E-state index in [4.69, 9.17) is 0 Å². The van der Waals surface area contributed by atoms with Gasteiger partial charge in [0.1, 0.15) is 0 Å². The maximum absolute atomic E-state index is 2.49. The van der Waals surface area contributed by atoms with E-state index in [9.17, 15) is 0 Å². The van der Waals surface area contributed by atoms with Crippen molar-refractivity contribution in [3.63, 3.8) is 0 Å². The lowest BCUT2D eigenvalue weighted by Crippen LogP contribution is -2.28. The van der Waals surface area contributed by atoms with Gasteiger partial charge in [0, 0.05) is 33.4 Å². The molecule has 0 unspecified atom stereocenters. The van der Waals surface area contributed by atoms with Gasteiger partial charge in [-0.3, -0.25) is 0 Å². The van der Waals surface area contributed by atoms with E-state index in [1.165, 1.54) is 83.0 Å². The molecule has 1 heterocycles. The summed E-state index contributed by atoms with van der Waals surface area (Å²) in [6, 6.07) is 111. The molecular weight excluding hydrogens is 905 g/mol. The van der Waals surface area contributed by atoms with Crippen LogP contribution < -0.4 is 4.90 Å². The van der Waals surface area contributed by atoms with Crippen molar-refractivity contribution < 1.29 is 0 Å². The molecule has 1 aliphatic rings. The Labute approximate surface area is 438 Å². The highest BCUT2D eigenvalue weighted by Crippen LogP contribution is 2.57. The SMILES string of the molecule is c1ccc(-c2ccc(N(c3ccccc3)c3ccccc3-c3ccccc3-c3ccc4c5ccccc5n(-c5ccc6c(c5)-c5ccccc5C6(c5ccccc5)c5ccccc5)c4c3)cc2-c2ccccc2)cc1. The minimum atomic E-state index is -0.465. The molecule has 0 aliphatic heterocycles. The van der Waals surface area contributed by atoms with E-state index in [1.807, 2.05) is 0 Å². The molecule has 1 aliphatic carbocycles. The summed E-state index contributed by atoms with van der Waals surface area (Å²) in [6.07, 6.45) is 0. The Bertz CT molecular complexity index is 4180. The monoisotopic (exact) mass is 954 g/mol. The summed E-state index contributed by atoms with van der Waals surface area (Å²) < 4.78 is 2.49. The third kappa shape index (κ3) is 7.25. The van der Waals surface area contributed by atoms with E-state index < -0.39 is 5.41 Å². The zero-order chi connectivity index (χ0) is 49.7. The predicted molar refractivity (Wildman–Crippen MR) is 315 cm³/mol. The van der Waals surface area contributed by atoms with Crippen molar-refractivity contribution in [3.8, 4) is 61.3 Å². The fraction of sp³-hybridized carbons (Fsp3) is 0.0137. The molecule has 0 spiro atoms. The van der Waals surface area contributed by atoms with E-state index in [0.29, 0.717) is 0 Å². The molecule has 12 aromatic carbocycles. The summed E-state index contributed by atoms with van der Waals surface area (Å²) in [5.41, 5.74) is 23.3. The molecule has 2 nitrogen and oxygen atoms in total. The van der Waals surface area contributed by atoms with Crippen molar-refractivity contribution >= 4 is 38.9 Å². The van der Waals surface area contributed by atoms with Crippen LogP contribution in [0.1, 0.15) is 22.3 Å². The van der Waals surface area contributed by atoms with E-state index in [2.05, 4.69) is 313 Å². The zero-order valence-corrected chi connectivity index (χ0v) is 41.3. The van der Waals surface area contributed by atoms with E-state index in [1.54, 1.807) is 0 Å². The molecule has 352 valence electrons. The lowest BCUT2D eigenvalue weighted by Gasteiger charge is -2.33. The second-order valence-electron chi connectivity index (χ2n) is 19.5. The summed E-state index contributed by atoms with van der Waals surface area (Å²) in [5.74, 6) is 0. The van der Waals surface area contributed by atoms with Gasteiger partial charge in [0.15, 0.2) is 0 Å². The van der Waals surface area contributed by atoms with Gasteiger partial charge < -0.3 is 9.47 Å². The first-order valence-electron chi connectivity index (χ1n) is 25.9. The van der Waals surface area contributed by atoms with Gasteiger partial charge in [0.25, 0.3) is 0 Å². The third-order valence-corrected chi connectivity index (χ3v) is 15.5. The second kappa shape index (κ2) is 18.4. The number of fused-ring (bicyclic) bond motifs is 6. The fourth-order valence-corrected chi connectivity index (χ4v) is 12.3. The normalized spacial score (nSPS) is 12.4. The minimum Gasteiger partial charge on any atom is -0.310 e. The number of anilines is 3. The van der Waals surface area contributed by atoms with Crippen LogP contribution in [-0.4, -0.2) is 4.57 Å². The number of benzene rings is 12. The number of para-hydroxylation sites is 3. The topological polar surface area (TPSA) is 8.17 Å². The average Bonchev–Trinajstić information content (AvgIpc) is 4.00. The van der Waals surface area contributed by atoms with Crippen molar-refractivity contribution in [2.24, 2.45) is 0 Å². The first-order valence-corrected chi connectivity index (χ1v) is 25.9. The van der Waals surface area contributed by atoms with Crippen molar-refractivity contribution in [3.05, 3.63) is 326 Å². The lowest BCUT2D eigenvalue weighted by atomic mass is 9.68. The molecule has 0 saturated heterocycles. The summed E-state index contributed by atoms with van der Waals surface area (Å²) in [6.45, 7) is 0. The maximum atomic E-state index is 2.49. The fourth-order valence-electron chi connectivity index (χ4n) is 12.3. The van der Waals surface area contributed by atoms with Crippen LogP contribution in [-0.2, 0) is 5.41 Å². The van der Waals surface area contributed by atoms with Gasteiger partial charge in [-0.25, -0.2) is 0 Å². The van der Waals surface area contributed by atoms with Gasteiger partial charge in [-0.1, -0.05) is 249 Å². The third-order valence-electron chi connectivity index (χ3n) is 15.5. The van der Waals surface area contributed by atoms with Gasteiger partial charge in [0.2, 0.25) is 0 Å². The Balaban J connectivity index is 0.937. The highest BCUT2D eigenvalue weighted by molar-refractivity contribution is 6.11. The van der Waals surface area contributed by atoms with Crippen molar-refractivity contribution in [2.45, 2.75) is 5.41 Å².